The van der Waals surface area contributed by atoms with Gasteiger partial charge in [-0.05, 0) is 43.2 Å². The van der Waals surface area contributed by atoms with Crippen molar-refractivity contribution in [1.29, 1.82) is 0 Å². The van der Waals surface area contributed by atoms with E-state index in [1.807, 2.05) is 30.3 Å². The first-order chi connectivity index (χ1) is 10.1. The molecule has 1 aliphatic carbocycles. The normalized spacial score (nSPS) is 14.2. The molecule has 21 heavy (non-hydrogen) atoms. The molecule has 110 valence electrons. The van der Waals surface area contributed by atoms with Crippen LogP contribution in [-0.4, -0.2) is 6.04 Å². The highest BCUT2D eigenvalue weighted by molar-refractivity contribution is 9.10. The molecule has 0 aromatic heterocycles. The first-order valence-electron chi connectivity index (χ1n) is 6.76. The Morgan fingerprint density at radius 3 is 2.43 bits per heavy atom. The van der Waals surface area contributed by atoms with Crippen LogP contribution in [0.2, 0.25) is 5.02 Å². The summed E-state index contributed by atoms with van der Waals surface area (Å²) in [5.41, 5.74) is 1.13. The number of hydrogen-bond donors (Lipinski definition) is 1. The van der Waals surface area contributed by atoms with Crippen molar-refractivity contribution in [3.05, 3.63) is 55.9 Å². The third-order valence-electron chi connectivity index (χ3n) is 3.30. The molecule has 0 aliphatic heterocycles. The number of nitrogens with one attached hydrogen (secondary N) is 1. The van der Waals surface area contributed by atoms with Gasteiger partial charge in [-0.15, -0.1) is 0 Å². The largest absolute Gasteiger partial charge is 0.455 e. The van der Waals surface area contributed by atoms with Crippen molar-refractivity contribution >= 4 is 43.5 Å². The SMILES string of the molecule is Clc1ccc(Br)cc1Oc1cc(Br)ccc1CNC1CC1. The van der Waals surface area contributed by atoms with E-state index in [0.29, 0.717) is 16.8 Å². The molecule has 0 amide bonds. The maximum absolute atomic E-state index is 6.20. The molecule has 3 rings (SSSR count). The van der Waals surface area contributed by atoms with Crippen molar-refractivity contribution in [3.8, 4) is 11.5 Å². The van der Waals surface area contributed by atoms with Gasteiger partial charge in [-0.25, -0.2) is 0 Å². The molecular weight excluding hydrogens is 417 g/mol. The number of rotatable bonds is 5. The number of benzene rings is 2. The van der Waals surface area contributed by atoms with Crippen molar-refractivity contribution in [2.24, 2.45) is 0 Å². The van der Waals surface area contributed by atoms with E-state index in [4.69, 9.17) is 16.3 Å². The van der Waals surface area contributed by atoms with Gasteiger partial charge in [0.2, 0.25) is 0 Å². The molecule has 1 saturated carbocycles. The van der Waals surface area contributed by atoms with Crippen LogP contribution in [0, 0.1) is 0 Å². The molecule has 2 aromatic rings. The van der Waals surface area contributed by atoms with Gasteiger partial charge in [0.05, 0.1) is 5.02 Å². The summed E-state index contributed by atoms with van der Waals surface area (Å²) in [6.07, 6.45) is 2.54. The standard InChI is InChI=1S/C16H14Br2ClNO/c17-11-2-1-10(9-20-13-4-5-13)15(7-11)21-16-8-12(18)3-6-14(16)19/h1-3,6-8,13,20H,4-5,9H2. The Balaban J connectivity index is 1.85. The molecule has 0 heterocycles. The van der Waals surface area contributed by atoms with Crippen LogP contribution in [0.5, 0.6) is 11.5 Å². The molecule has 0 unspecified atom stereocenters. The lowest BCUT2D eigenvalue weighted by Crippen LogP contribution is -2.15. The quantitative estimate of drug-likeness (QED) is 0.636. The van der Waals surface area contributed by atoms with Gasteiger partial charge < -0.3 is 10.1 Å². The number of halogens is 3. The zero-order chi connectivity index (χ0) is 14.8. The van der Waals surface area contributed by atoms with Gasteiger partial charge in [0.1, 0.15) is 11.5 Å². The van der Waals surface area contributed by atoms with E-state index in [2.05, 4.69) is 43.2 Å². The summed E-state index contributed by atoms with van der Waals surface area (Å²) in [5, 5.41) is 4.10. The Morgan fingerprint density at radius 1 is 1.05 bits per heavy atom. The Morgan fingerprint density at radius 2 is 1.71 bits per heavy atom. The minimum Gasteiger partial charge on any atom is -0.455 e. The van der Waals surface area contributed by atoms with Gasteiger partial charge in [-0.1, -0.05) is 49.5 Å². The fraction of sp³-hybridized carbons (Fsp3) is 0.250. The van der Waals surface area contributed by atoms with E-state index < -0.39 is 0 Å². The van der Waals surface area contributed by atoms with Gasteiger partial charge in [-0.3, -0.25) is 0 Å². The predicted molar refractivity (Wildman–Crippen MR) is 93.2 cm³/mol. The molecular formula is C16H14Br2ClNO. The third-order valence-corrected chi connectivity index (χ3v) is 4.60. The first kappa shape index (κ1) is 15.3. The summed E-state index contributed by atoms with van der Waals surface area (Å²) in [6.45, 7) is 0.804. The molecule has 0 saturated heterocycles. The van der Waals surface area contributed by atoms with Crippen molar-refractivity contribution in [2.45, 2.75) is 25.4 Å². The van der Waals surface area contributed by atoms with Crippen LogP contribution in [0.1, 0.15) is 18.4 Å². The maximum atomic E-state index is 6.20. The smallest absolute Gasteiger partial charge is 0.147 e. The van der Waals surface area contributed by atoms with Crippen LogP contribution >= 0.6 is 43.5 Å². The van der Waals surface area contributed by atoms with Crippen molar-refractivity contribution in [3.63, 3.8) is 0 Å². The Hall–Kier alpha value is -0.550. The average Bonchev–Trinajstić information content (AvgIpc) is 3.26. The van der Waals surface area contributed by atoms with Crippen LogP contribution in [0.25, 0.3) is 0 Å². The second-order valence-electron chi connectivity index (χ2n) is 5.08. The second-order valence-corrected chi connectivity index (χ2v) is 7.32. The topological polar surface area (TPSA) is 21.3 Å². The van der Waals surface area contributed by atoms with Gasteiger partial charge in [0.15, 0.2) is 0 Å². The molecule has 0 atom stereocenters. The third kappa shape index (κ3) is 4.22. The molecule has 1 fully saturated rings. The van der Waals surface area contributed by atoms with Crippen LogP contribution < -0.4 is 10.1 Å². The highest BCUT2D eigenvalue weighted by Crippen LogP contribution is 2.35. The van der Waals surface area contributed by atoms with Crippen molar-refractivity contribution in [2.75, 3.05) is 0 Å². The van der Waals surface area contributed by atoms with E-state index >= 15 is 0 Å². The van der Waals surface area contributed by atoms with Crippen LogP contribution in [0.4, 0.5) is 0 Å². The average molecular weight is 432 g/mol. The first-order valence-corrected chi connectivity index (χ1v) is 8.73. The van der Waals surface area contributed by atoms with Crippen molar-refractivity contribution < 1.29 is 4.74 Å². The summed E-state index contributed by atoms with van der Waals surface area (Å²) in [7, 11) is 0. The molecule has 0 bridgehead atoms. The van der Waals surface area contributed by atoms with E-state index in [9.17, 15) is 0 Å². The van der Waals surface area contributed by atoms with E-state index in [1.165, 1.54) is 12.8 Å². The zero-order valence-corrected chi connectivity index (χ0v) is 15.1. The summed E-state index contributed by atoms with van der Waals surface area (Å²) in [5.74, 6) is 1.47. The molecule has 0 radical (unpaired) electrons. The highest BCUT2D eigenvalue weighted by atomic mass is 79.9. The Kier molecular flexibility index (Phi) is 4.89. The number of ether oxygens (including phenoxy) is 1. The maximum Gasteiger partial charge on any atom is 0.147 e. The van der Waals surface area contributed by atoms with Gasteiger partial charge in [0, 0.05) is 27.1 Å². The summed E-state index contributed by atoms with van der Waals surface area (Å²) >= 11 is 13.1. The minimum atomic E-state index is 0.597. The van der Waals surface area contributed by atoms with Gasteiger partial charge in [0.25, 0.3) is 0 Å². The minimum absolute atomic E-state index is 0.597. The lowest BCUT2D eigenvalue weighted by molar-refractivity contribution is 0.472. The Labute approximate surface area is 146 Å². The summed E-state index contributed by atoms with van der Waals surface area (Å²) < 4.78 is 7.95. The molecule has 2 aromatic carbocycles. The Bertz CT molecular complexity index is 659. The van der Waals surface area contributed by atoms with Gasteiger partial charge >= 0.3 is 0 Å². The summed E-state index contributed by atoms with van der Waals surface area (Å²) in [4.78, 5) is 0. The lowest BCUT2D eigenvalue weighted by atomic mass is 10.2. The molecule has 5 heteroatoms. The zero-order valence-electron chi connectivity index (χ0n) is 11.2. The predicted octanol–water partition coefficient (Wildman–Crippen LogP) is 5.91. The monoisotopic (exact) mass is 429 g/mol. The van der Waals surface area contributed by atoms with Crippen LogP contribution in [0.15, 0.2) is 45.3 Å². The summed E-state index contributed by atoms with van der Waals surface area (Å²) in [6, 6.07) is 12.3. The molecule has 1 aliphatic rings. The van der Waals surface area contributed by atoms with E-state index in [-0.39, 0.29) is 0 Å². The molecule has 0 spiro atoms. The van der Waals surface area contributed by atoms with Crippen LogP contribution in [-0.2, 0) is 6.54 Å². The molecule has 1 N–H and O–H groups in total. The van der Waals surface area contributed by atoms with Crippen LogP contribution in [0.3, 0.4) is 0 Å². The van der Waals surface area contributed by atoms with Gasteiger partial charge in [-0.2, -0.15) is 0 Å². The van der Waals surface area contributed by atoms with Crippen molar-refractivity contribution in [1.82, 2.24) is 5.32 Å². The molecule has 2 nitrogen and oxygen atoms in total. The van der Waals surface area contributed by atoms with E-state index in [0.717, 1.165) is 26.8 Å². The lowest BCUT2D eigenvalue weighted by Gasteiger charge is -2.13. The highest BCUT2D eigenvalue weighted by Gasteiger charge is 2.20. The fourth-order valence-electron chi connectivity index (χ4n) is 1.99. The van der Waals surface area contributed by atoms with E-state index in [1.54, 1.807) is 0 Å². The second kappa shape index (κ2) is 6.69. The fourth-order valence-corrected chi connectivity index (χ4v) is 2.82. The number of hydrogen-bond acceptors (Lipinski definition) is 2.